The smallest absolute Gasteiger partial charge is 0.406 e. The molecule has 0 N–H and O–H groups in total. The lowest BCUT2D eigenvalue weighted by Crippen LogP contribution is -2.24. The van der Waals surface area contributed by atoms with Crippen molar-refractivity contribution in [3.05, 3.63) is 72.1 Å². The Morgan fingerprint density at radius 1 is 1.11 bits per heavy atom. The molecule has 0 atom stereocenters. The minimum Gasteiger partial charge on any atom is -0.406 e. The third-order valence-corrected chi connectivity index (χ3v) is 3.82. The highest BCUT2D eigenvalue weighted by molar-refractivity contribution is 5.91. The van der Waals surface area contributed by atoms with Crippen LogP contribution in [0.1, 0.15) is 11.3 Å². The van der Waals surface area contributed by atoms with Crippen molar-refractivity contribution in [2.24, 2.45) is 0 Å². The third-order valence-electron chi connectivity index (χ3n) is 3.82. The molecule has 8 heteroatoms. The van der Waals surface area contributed by atoms with Gasteiger partial charge < -0.3 is 9.64 Å². The number of aromatic nitrogens is 2. The van der Waals surface area contributed by atoms with Crippen LogP contribution in [-0.2, 0) is 11.3 Å². The molecule has 1 amide bonds. The molecule has 0 saturated heterocycles. The van der Waals surface area contributed by atoms with Gasteiger partial charge in [0.25, 0.3) is 0 Å². The van der Waals surface area contributed by atoms with E-state index in [4.69, 9.17) is 0 Å². The van der Waals surface area contributed by atoms with E-state index in [-0.39, 0.29) is 18.2 Å². The summed E-state index contributed by atoms with van der Waals surface area (Å²) < 4.78 is 40.4. The van der Waals surface area contributed by atoms with Gasteiger partial charge in [0.05, 0.1) is 22.9 Å². The van der Waals surface area contributed by atoms with Gasteiger partial charge in [-0.05, 0) is 35.9 Å². The van der Waals surface area contributed by atoms with Gasteiger partial charge in [-0.3, -0.25) is 9.78 Å². The molecular weight excluding hydrogens is 371 g/mol. The normalized spacial score (nSPS) is 11.7. The quantitative estimate of drug-likeness (QED) is 0.616. The highest BCUT2D eigenvalue weighted by Gasteiger charge is 2.30. The number of carbonyl (C=O) groups excluding carboxylic acids is 1. The SMILES string of the molecule is CN(Cc1ccc(OC(F)(F)F)cc1)C(=O)/C=C/c1cnc2ccccc2n1. The van der Waals surface area contributed by atoms with E-state index in [1.807, 2.05) is 24.3 Å². The number of nitrogens with zero attached hydrogens (tertiary/aromatic N) is 3. The zero-order valence-corrected chi connectivity index (χ0v) is 14.8. The fourth-order valence-corrected chi connectivity index (χ4v) is 2.48. The Balaban J connectivity index is 1.61. The summed E-state index contributed by atoms with van der Waals surface area (Å²) >= 11 is 0. The van der Waals surface area contributed by atoms with E-state index in [0.29, 0.717) is 11.3 Å². The van der Waals surface area contributed by atoms with Crippen LogP contribution in [0.3, 0.4) is 0 Å². The van der Waals surface area contributed by atoms with Gasteiger partial charge in [-0.15, -0.1) is 13.2 Å². The predicted octanol–water partition coefficient (Wildman–Crippen LogP) is 4.20. The molecule has 5 nitrogen and oxygen atoms in total. The van der Waals surface area contributed by atoms with Crippen LogP contribution >= 0.6 is 0 Å². The first-order chi connectivity index (χ1) is 13.3. The fraction of sp³-hybridized carbons (Fsp3) is 0.150. The van der Waals surface area contributed by atoms with Crippen LogP contribution in [0.15, 0.2) is 60.8 Å². The number of fused-ring (bicyclic) bond motifs is 1. The Morgan fingerprint density at radius 2 is 1.79 bits per heavy atom. The van der Waals surface area contributed by atoms with Gasteiger partial charge >= 0.3 is 6.36 Å². The van der Waals surface area contributed by atoms with Gasteiger partial charge in [0.2, 0.25) is 5.91 Å². The second-order valence-electron chi connectivity index (χ2n) is 6.00. The van der Waals surface area contributed by atoms with Crippen LogP contribution in [0.4, 0.5) is 13.2 Å². The van der Waals surface area contributed by atoms with Crippen LogP contribution in [0.5, 0.6) is 5.75 Å². The van der Waals surface area contributed by atoms with Crippen LogP contribution in [0.2, 0.25) is 0 Å². The predicted molar refractivity (Wildman–Crippen MR) is 98.2 cm³/mol. The van der Waals surface area contributed by atoms with Crippen molar-refractivity contribution in [3.8, 4) is 5.75 Å². The van der Waals surface area contributed by atoms with E-state index in [1.165, 1.54) is 35.2 Å². The molecule has 0 aliphatic heterocycles. The van der Waals surface area contributed by atoms with Gasteiger partial charge in [-0.25, -0.2) is 4.98 Å². The number of hydrogen-bond acceptors (Lipinski definition) is 4. The molecular formula is C20H16F3N3O2. The monoisotopic (exact) mass is 387 g/mol. The van der Waals surface area contributed by atoms with E-state index < -0.39 is 6.36 Å². The van der Waals surface area contributed by atoms with Gasteiger partial charge in [0.15, 0.2) is 0 Å². The Bertz CT molecular complexity index is 1000. The van der Waals surface area contributed by atoms with Gasteiger partial charge in [-0.1, -0.05) is 24.3 Å². The van der Waals surface area contributed by atoms with Crippen molar-refractivity contribution in [1.29, 1.82) is 0 Å². The van der Waals surface area contributed by atoms with Crippen molar-refractivity contribution < 1.29 is 22.7 Å². The molecule has 0 spiro atoms. The number of alkyl halides is 3. The summed E-state index contributed by atoms with van der Waals surface area (Å²) in [7, 11) is 1.60. The molecule has 3 rings (SSSR count). The minimum absolute atomic E-state index is 0.235. The molecule has 0 fully saturated rings. The summed E-state index contributed by atoms with van der Waals surface area (Å²) in [5, 5.41) is 0. The number of hydrogen-bond donors (Lipinski definition) is 0. The summed E-state index contributed by atoms with van der Waals surface area (Å²) in [5.41, 5.74) is 2.71. The highest BCUT2D eigenvalue weighted by Crippen LogP contribution is 2.23. The molecule has 1 heterocycles. The summed E-state index contributed by atoms with van der Waals surface area (Å²) in [6, 6.07) is 12.8. The van der Waals surface area contributed by atoms with Crippen LogP contribution in [0, 0.1) is 0 Å². The third kappa shape index (κ3) is 5.29. The zero-order valence-electron chi connectivity index (χ0n) is 14.8. The summed E-state index contributed by atoms with van der Waals surface area (Å²) in [5.74, 6) is -0.578. The Labute approximate surface area is 159 Å². The van der Waals surface area contributed by atoms with Gasteiger partial charge in [-0.2, -0.15) is 0 Å². The maximum atomic E-state index is 12.3. The number of benzene rings is 2. The van der Waals surface area contributed by atoms with Crippen molar-refractivity contribution in [1.82, 2.24) is 14.9 Å². The zero-order chi connectivity index (χ0) is 20.1. The Hall–Kier alpha value is -3.42. The fourth-order valence-electron chi connectivity index (χ4n) is 2.48. The van der Waals surface area contributed by atoms with Gasteiger partial charge in [0, 0.05) is 19.7 Å². The number of amides is 1. The van der Waals surface area contributed by atoms with Gasteiger partial charge in [0.1, 0.15) is 5.75 Å². The van der Waals surface area contributed by atoms with E-state index in [2.05, 4.69) is 14.7 Å². The lowest BCUT2D eigenvalue weighted by molar-refractivity contribution is -0.274. The van der Waals surface area contributed by atoms with Crippen molar-refractivity contribution in [2.75, 3.05) is 7.05 Å². The first-order valence-electron chi connectivity index (χ1n) is 8.30. The van der Waals surface area contributed by atoms with E-state index in [0.717, 1.165) is 11.0 Å². The minimum atomic E-state index is -4.73. The van der Waals surface area contributed by atoms with Crippen molar-refractivity contribution in [2.45, 2.75) is 12.9 Å². The number of para-hydroxylation sites is 2. The Kier molecular flexibility index (Phi) is 5.58. The lowest BCUT2D eigenvalue weighted by Gasteiger charge is -2.15. The molecule has 3 aromatic rings. The molecule has 0 unspecified atom stereocenters. The number of carbonyl (C=O) groups is 1. The Morgan fingerprint density at radius 3 is 2.46 bits per heavy atom. The maximum Gasteiger partial charge on any atom is 0.573 e. The number of likely N-dealkylation sites (N-methyl/N-ethyl adjacent to an activating group) is 1. The maximum absolute atomic E-state index is 12.3. The van der Waals surface area contributed by atoms with Crippen molar-refractivity contribution in [3.63, 3.8) is 0 Å². The van der Waals surface area contributed by atoms with Crippen molar-refractivity contribution >= 4 is 23.0 Å². The first kappa shape index (κ1) is 19.3. The van der Waals surface area contributed by atoms with E-state index in [9.17, 15) is 18.0 Å². The molecule has 0 aliphatic carbocycles. The second kappa shape index (κ2) is 8.08. The second-order valence-corrected chi connectivity index (χ2v) is 6.00. The molecule has 0 radical (unpaired) electrons. The molecule has 0 aliphatic rings. The van der Waals surface area contributed by atoms with Crippen LogP contribution < -0.4 is 4.74 Å². The molecule has 2 aromatic carbocycles. The topological polar surface area (TPSA) is 55.3 Å². The molecule has 0 bridgehead atoms. The number of rotatable bonds is 5. The number of halogens is 3. The highest BCUT2D eigenvalue weighted by atomic mass is 19.4. The molecule has 144 valence electrons. The van der Waals surface area contributed by atoms with E-state index >= 15 is 0 Å². The summed E-state index contributed by atoms with van der Waals surface area (Å²) in [6.07, 6.45) is -0.214. The average molecular weight is 387 g/mol. The van der Waals surface area contributed by atoms with Crippen LogP contribution in [0.25, 0.3) is 17.1 Å². The largest absolute Gasteiger partial charge is 0.573 e. The molecule has 1 aromatic heterocycles. The van der Waals surface area contributed by atoms with E-state index in [1.54, 1.807) is 19.3 Å². The van der Waals surface area contributed by atoms with Crippen LogP contribution in [-0.4, -0.2) is 34.2 Å². The lowest BCUT2D eigenvalue weighted by atomic mass is 10.2. The molecule has 28 heavy (non-hydrogen) atoms. The average Bonchev–Trinajstić information content (AvgIpc) is 2.66. The standard InChI is InChI=1S/C20H16F3N3O2/c1-26(13-14-6-9-16(10-7-14)28-20(21,22)23)19(27)11-8-15-12-24-17-4-2-3-5-18(17)25-15/h2-12H,13H2,1H3/b11-8+. The first-order valence-corrected chi connectivity index (χ1v) is 8.30. The summed E-state index contributed by atoms with van der Waals surface area (Å²) in [4.78, 5) is 22.4. The summed E-state index contributed by atoms with van der Waals surface area (Å²) in [6.45, 7) is 0.235. The molecule has 0 saturated carbocycles. The number of ether oxygens (including phenoxy) is 1.